The van der Waals surface area contributed by atoms with E-state index >= 15 is 0 Å². The van der Waals surface area contributed by atoms with Gasteiger partial charge in [0, 0.05) is 12.8 Å². The van der Waals surface area contributed by atoms with Crippen molar-refractivity contribution in [2.75, 3.05) is 47.5 Å². The van der Waals surface area contributed by atoms with Gasteiger partial charge in [-0.2, -0.15) is 0 Å². The van der Waals surface area contributed by atoms with Crippen LogP contribution in [0.2, 0.25) is 0 Å². The molecule has 0 saturated carbocycles. The van der Waals surface area contributed by atoms with E-state index in [0.29, 0.717) is 17.4 Å². The van der Waals surface area contributed by atoms with Gasteiger partial charge in [0.15, 0.2) is 6.10 Å². The molecule has 2 atom stereocenters. The minimum atomic E-state index is -4.39. The zero-order valence-electron chi connectivity index (χ0n) is 43.1. The van der Waals surface area contributed by atoms with Gasteiger partial charge in [-0.25, -0.2) is 4.57 Å². The van der Waals surface area contributed by atoms with Gasteiger partial charge in [0.2, 0.25) is 0 Å². The number of hydrogen-bond acceptors (Lipinski definition) is 7. The van der Waals surface area contributed by atoms with Crippen LogP contribution < -0.4 is 0 Å². The van der Waals surface area contributed by atoms with Crippen molar-refractivity contribution < 1.29 is 42.1 Å². The normalized spacial score (nSPS) is 14.3. The van der Waals surface area contributed by atoms with Crippen molar-refractivity contribution in [2.45, 2.75) is 193 Å². The fourth-order valence-corrected chi connectivity index (χ4v) is 7.24. The third-order valence-corrected chi connectivity index (χ3v) is 11.5. The molecule has 10 heteroatoms. The van der Waals surface area contributed by atoms with Gasteiger partial charge in [-0.15, -0.1) is 0 Å². The number of unbranched alkanes of at least 4 members (excludes halogenated alkanes) is 14. The summed E-state index contributed by atoms with van der Waals surface area (Å²) in [6, 6.07) is 0. The van der Waals surface area contributed by atoms with E-state index in [2.05, 4.69) is 123 Å². The summed E-state index contributed by atoms with van der Waals surface area (Å²) < 4.78 is 34.4. The molecular weight excluding hydrogens is 858 g/mol. The number of ether oxygens (including phenoxy) is 2. The lowest BCUT2D eigenvalue weighted by Crippen LogP contribution is -2.37. The van der Waals surface area contributed by atoms with E-state index in [4.69, 9.17) is 18.5 Å². The molecule has 0 bridgehead atoms. The van der Waals surface area contributed by atoms with Gasteiger partial charge in [0.05, 0.1) is 27.7 Å². The predicted molar refractivity (Wildman–Crippen MR) is 284 cm³/mol. The van der Waals surface area contributed by atoms with Crippen molar-refractivity contribution in [1.29, 1.82) is 0 Å². The van der Waals surface area contributed by atoms with Crippen LogP contribution in [0.3, 0.4) is 0 Å². The molecule has 0 heterocycles. The fourth-order valence-electron chi connectivity index (χ4n) is 6.49. The number of likely N-dealkylation sites (N-methyl/N-ethyl adjacent to an activating group) is 1. The number of quaternary nitrogens is 1. The second-order valence-electron chi connectivity index (χ2n) is 18.2. The Labute approximate surface area is 410 Å². The Morgan fingerprint density at radius 1 is 0.478 bits per heavy atom. The van der Waals surface area contributed by atoms with Gasteiger partial charge in [-0.05, 0) is 103 Å². The molecule has 2 unspecified atom stereocenters. The third kappa shape index (κ3) is 51.9. The molecule has 0 saturated heterocycles. The van der Waals surface area contributed by atoms with Crippen molar-refractivity contribution in [1.82, 2.24) is 0 Å². The molecule has 0 aliphatic heterocycles. The molecular formula is C57H97NO8P+. The fraction of sp³-hybridized carbons (Fsp3) is 0.649. The number of nitrogens with zero attached hydrogens (tertiary/aromatic N) is 1. The number of phosphoric acid groups is 1. The maximum atomic E-state index is 12.8. The summed E-state index contributed by atoms with van der Waals surface area (Å²) in [6.45, 7) is 4.24. The van der Waals surface area contributed by atoms with Crippen LogP contribution in [0.1, 0.15) is 187 Å². The first-order chi connectivity index (χ1) is 32.5. The first-order valence-corrected chi connectivity index (χ1v) is 27.6. The molecule has 382 valence electrons. The molecule has 0 aromatic rings. The Balaban J connectivity index is 4.24. The highest BCUT2D eigenvalue weighted by molar-refractivity contribution is 7.47. The van der Waals surface area contributed by atoms with Crippen molar-refractivity contribution in [2.24, 2.45) is 0 Å². The number of phosphoric ester groups is 1. The third-order valence-electron chi connectivity index (χ3n) is 10.5. The monoisotopic (exact) mass is 955 g/mol. The molecule has 0 aliphatic rings. The average Bonchev–Trinajstić information content (AvgIpc) is 3.29. The Hall–Kier alpha value is -3.33. The lowest BCUT2D eigenvalue weighted by molar-refractivity contribution is -0.870. The van der Waals surface area contributed by atoms with Crippen LogP contribution in [0, 0.1) is 0 Å². The van der Waals surface area contributed by atoms with Crippen molar-refractivity contribution >= 4 is 19.8 Å². The minimum absolute atomic E-state index is 0.0214. The first kappa shape index (κ1) is 63.7. The second kappa shape index (κ2) is 47.7. The van der Waals surface area contributed by atoms with Crippen LogP contribution in [0.15, 0.2) is 109 Å². The SMILES string of the molecule is CC/C=C\C/C=C\C/C=C\C/C=C\C/C=C\C/C=C\C/C=C\C/C=C\CCCCCCCCC(=O)OC(COC(=O)CCCCCCC/C=C\CCCCC)COP(=O)(O)OCC[N+](C)(C)C. The van der Waals surface area contributed by atoms with Crippen LogP contribution in [0.4, 0.5) is 0 Å². The number of hydrogen-bond donors (Lipinski definition) is 1. The summed E-state index contributed by atoms with van der Waals surface area (Å²) in [6.07, 6.45) is 65.8. The van der Waals surface area contributed by atoms with Gasteiger partial charge >= 0.3 is 19.8 Å². The molecule has 9 nitrogen and oxygen atoms in total. The van der Waals surface area contributed by atoms with Crippen LogP contribution >= 0.6 is 7.82 Å². The minimum Gasteiger partial charge on any atom is -0.462 e. The molecule has 67 heavy (non-hydrogen) atoms. The van der Waals surface area contributed by atoms with Gasteiger partial charge < -0.3 is 18.9 Å². The molecule has 0 fully saturated rings. The maximum Gasteiger partial charge on any atom is 0.472 e. The van der Waals surface area contributed by atoms with Crippen LogP contribution in [0.5, 0.6) is 0 Å². The molecule has 0 radical (unpaired) electrons. The lowest BCUT2D eigenvalue weighted by atomic mass is 10.1. The van der Waals surface area contributed by atoms with E-state index in [9.17, 15) is 19.0 Å². The lowest BCUT2D eigenvalue weighted by Gasteiger charge is -2.24. The molecule has 0 spiro atoms. The number of carbonyl (C=O) groups is 2. The maximum absolute atomic E-state index is 12.8. The Morgan fingerprint density at radius 2 is 0.851 bits per heavy atom. The second-order valence-corrected chi connectivity index (χ2v) is 19.6. The van der Waals surface area contributed by atoms with E-state index in [1.54, 1.807) is 0 Å². The van der Waals surface area contributed by atoms with Gasteiger partial charge in [-0.1, -0.05) is 181 Å². The quantitative estimate of drug-likeness (QED) is 0.0211. The molecule has 0 amide bonds. The predicted octanol–water partition coefficient (Wildman–Crippen LogP) is 15.9. The Morgan fingerprint density at radius 3 is 1.28 bits per heavy atom. The summed E-state index contributed by atoms with van der Waals surface area (Å²) in [7, 11) is 1.44. The molecule has 0 aromatic carbocycles. The molecule has 1 N–H and O–H groups in total. The molecule has 0 rings (SSSR count). The molecule has 0 aromatic heterocycles. The summed E-state index contributed by atoms with van der Waals surface area (Å²) in [5, 5.41) is 0. The zero-order chi connectivity index (χ0) is 49.2. The van der Waals surface area contributed by atoms with E-state index < -0.39 is 26.5 Å². The summed E-state index contributed by atoms with van der Waals surface area (Å²) in [5.41, 5.74) is 0. The smallest absolute Gasteiger partial charge is 0.462 e. The zero-order valence-corrected chi connectivity index (χ0v) is 44.0. The van der Waals surface area contributed by atoms with Crippen molar-refractivity contribution in [3.63, 3.8) is 0 Å². The van der Waals surface area contributed by atoms with Crippen molar-refractivity contribution in [3.05, 3.63) is 109 Å². The van der Waals surface area contributed by atoms with E-state index in [0.717, 1.165) is 128 Å². The van der Waals surface area contributed by atoms with Gasteiger partial charge in [-0.3, -0.25) is 18.6 Å². The van der Waals surface area contributed by atoms with E-state index in [1.165, 1.54) is 25.7 Å². The number of esters is 2. The highest BCUT2D eigenvalue weighted by Gasteiger charge is 2.27. The summed E-state index contributed by atoms with van der Waals surface area (Å²) in [5.74, 6) is -0.835. The van der Waals surface area contributed by atoms with Crippen molar-refractivity contribution in [3.8, 4) is 0 Å². The van der Waals surface area contributed by atoms with Gasteiger partial charge in [0.1, 0.15) is 19.8 Å². The molecule has 0 aliphatic carbocycles. The summed E-state index contributed by atoms with van der Waals surface area (Å²) >= 11 is 0. The topological polar surface area (TPSA) is 108 Å². The van der Waals surface area contributed by atoms with Crippen LogP contribution in [-0.2, 0) is 32.7 Å². The van der Waals surface area contributed by atoms with Crippen LogP contribution in [-0.4, -0.2) is 74.9 Å². The van der Waals surface area contributed by atoms with Crippen LogP contribution in [0.25, 0.3) is 0 Å². The Bertz CT molecular complexity index is 1500. The van der Waals surface area contributed by atoms with E-state index in [-0.39, 0.29) is 32.0 Å². The number of rotatable bonds is 46. The Kier molecular flexibility index (Phi) is 45.4. The number of allylic oxidation sites excluding steroid dienone is 18. The number of carbonyl (C=O) groups excluding carboxylic acids is 2. The highest BCUT2D eigenvalue weighted by atomic mass is 31.2. The summed E-state index contributed by atoms with van der Waals surface area (Å²) in [4.78, 5) is 35.5. The highest BCUT2D eigenvalue weighted by Crippen LogP contribution is 2.43. The first-order valence-electron chi connectivity index (χ1n) is 26.1. The largest absolute Gasteiger partial charge is 0.472 e. The van der Waals surface area contributed by atoms with E-state index in [1.807, 2.05) is 21.1 Å². The average molecular weight is 955 g/mol. The standard InChI is InChI=1S/C57H96NO8P/c1-6-8-10-12-14-16-18-20-21-22-23-24-25-26-27-28-29-30-31-32-33-34-35-36-37-38-40-42-44-46-48-50-57(60)66-55(54-65-67(61,62)64-52-51-58(3,4)5)53-63-56(59)49-47-45-43-41-39-19-17-15-13-11-9-7-2/h8,10,14-17,20-21,23-24,26-27,29-30,32-33,35-36,55H,6-7,9,11-13,18-19,22,25,28,31,34,37-54H2,1-5H3/p+1/b10-8-,16-14-,17-15-,21-20-,24-23-,27-26-,30-29-,33-32-,36-35-. The van der Waals surface area contributed by atoms with Gasteiger partial charge in [0.25, 0.3) is 0 Å².